The Kier molecular flexibility index (Phi) is 60.1. The first kappa shape index (κ1) is 99.5. The Morgan fingerprint density at radius 3 is 1.11 bits per heavy atom. The molecule has 7 unspecified atom stereocenters. The van der Waals surface area contributed by atoms with Crippen molar-refractivity contribution in [3.8, 4) is 0 Å². The van der Waals surface area contributed by atoms with Gasteiger partial charge in [-0.1, -0.05) is 221 Å². The van der Waals surface area contributed by atoms with Gasteiger partial charge in [0, 0.05) is 49.7 Å². The van der Waals surface area contributed by atoms with Gasteiger partial charge in [0.1, 0.15) is 6.10 Å². The van der Waals surface area contributed by atoms with Gasteiger partial charge in [-0.05, 0) is 159 Å². The Balaban J connectivity index is -0.000000176. The fourth-order valence-corrected chi connectivity index (χ4v) is 10.4. The lowest BCUT2D eigenvalue weighted by Gasteiger charge is -2.32. The molecule has 0 spiro atoms. The minimum atomic E-state index is -0.339. The van der Waals surface area contributed by atoms with Crippen molar-refractivity contribution in [1.82, 2.24) is 9.88 Å². The molecule has 90 heavy (non-hydrogen) atoms. The lowest BCUT2D eigenvalue weighted by molar-refractivity contribution is -0.155. The maximum absolute atomic E-state index is 11.6. The number of esters is 3. The SMILES string of the molecule is C.CC(=O)OC(CC(C)C)C(C)C.CC(C)CC(C(C)C)N1CCCC1=O.CC(C)CC(C(N)=O)C(C)C.CC(C)CC(C)(C(N)=O)C(C)C.CC(C)CC(C)C(C)C.COC(=O)C(C)(CC(C)C)C(C)C.COC(=O)C(CC(C)C)C(C)C.c1ccncc1. The molecule has 7 atom stereocenters. The van der Waals surface area contributed by atoms with E-state index in [1.807, 2.05) is 59.7 Å². The van der Waals surface area contributed by atoms with Crippen LogP contribution in [0, 0.1) is 111 Å². The summed E-state index contributed by atoms with van der Waals surface area (Å²) in [5.41, 5.74) is 9.96. The topological polar surface area (TPSA) is 198 Å². The highest BCUT2D eigenvalue weighted by atomic mass is 16.5. The van der Waals surface area contributed by atoms with E-state index in [1.54, 1.807) is 12.4 Å². The first-order valence-electron chi connectivity index (χ1n) is 34.6. The van der Waals surface area contributed by atoms with Crippen molar-refractivity contribution < 1.29 is 43.0 Å². The number of pyridine rings is 1. The molecule has 13 nitrogen and oxygen atoms in total. The Hall–Kier alpha value is -4.03. The van der Waals surface area contributed by atoms with Crippen molar-refractivity contribution in [2.24, 2.45) is 123 Å². The van der Waals surface area contributed by atoms with Crippen LogP contribution in [-0.2, 0) is 43.0 Å². The average Bonchev–Trinajstić information content (AvgIpc) is 3.34. The third kappa shape index (κ3) is 51.5. The molecule has 1 aromatic heterocycles. The molecule has 3 amide bonds. The zero-order chi connectivity index (χ0) is 71.4. The highest BCUT2D eigenvalue weighted by Gasteiger charge is 2.38. The van der Waals surface area contributed by atoms with E-state index in [9.17, 15) is 28.8 Å². The smallest absolute Gasteiger partial charge is 0.311 e. The first-order chi connectivity index (χ1) is 40.6. The number of methoxy groups -OCH3 is 2. The molecule has 1 aliphatic rings. The predicted octanol–water partition coefficient (Wildman–Crippen LogP) is 19.7. The molecule has 13 heteroatoms. The zero-order valence-electron chi connectivity index (χ0n) is 64.7. The number of nitrogens with two attached hydrogens (primary N) is 2. The summed E-state index contributed by atoms with van der Waals surface area (Å²) in [6, 6.07) is 6.18. The normalized spacial score (nSPS) is 15.0. The summed E-state index contributed by atoms with van der Waals surface area (Å²) in [4.78, 5) is 73.2. The molecule has 1 saturated heterocycles. The van der Waals surface area contributed by atoms with Crippen LogP contribution in [0.5, 0.6) is 0 Å². The molecule has 0 saturated carbocycles. The Morgan fingerprint density at radius 1 is 0.511 bits per heavy atom. The van der Waals surface area contributed by atoms with Gasteiger partial charge in [-0.15, -0.1) is 0 Å². The molecular formula is C77H154N4O9. The number of likely N-dealkylation sites (tertiary alicyclic amines) is 1. The van der Waals surface area contributed by atoms with Crippen LogP contribution in [0.25, 0.3) is 0 Å². The largest absolute Gasteiger partial charge is 0.469 e. The van der Waals surface area contributed by atoms with Crippen LogP contribution in [-0.4, -0.2) is 78.4 Å². The van der Waals surface area contributed by atoms with Crippen LogP contribution in [0.3, 0.4) is 0 Å². The summed E-state index contributed by atoms with van der Waals surface area (Å²) >= 11 is 0. The minimum absolute atomic E-state index is 0. The Labute approximate surface area is 559 Å². The summed E-state index contributed by atoms with van der Waals surface area (Å²) < 4.78 is 14.8. The van der Waals surface area contributed by atoms with E-state index in [2.05, 4.69) is 183 Å². The molecule has 0 bridgehead atoms. The molecular weight excluding hydrogens is 1120 g/mol. The highest BCUT2D eigenvalue weighted by Crippen LogP contribution is 2.36. The highest BCUT2D eigenvalue weighted by molar-refractivity contribution is 5.80. The minimum Gasteiger partial charge on any atom is -0.469 e. The van der Waals surface area contributed by atoms with Crippen molar-refractivity contribution >= 4 is 35.6 Å². The van der Waals surface area contributed by atoms with E-state index in [0.29, 0.717) is 83.0 Å². The molecule has 0 aromatic carbocycles. The van der Waals surface area contributed by atoms with Gasteiger partial charge in [0.25, 0.3) is 0 Å². The van der Waals surface area contributed by atoms with Crippen LogP contribution < -0.4 is 11.5 Å². The lowest BCUT2D eigenvalue weighted by Crippen LogP contribution is -2.40. The van der Waals surface area contributed by atoms with Crippen LogP contribution in [0.4, 0.5) is 0 Å². The summed E-state index contributed by atoms with van der Waals surface area (Å²) in [6.45, 7) is 68.6. The van der Waals surface area contributed by atoms with Crippen molar-refractivity contribution in [3.63, 3.8) is 0 Å². The zero-order valence-corrected chi connectivity index (χ0v) is 64.7. The van der Waals surface area contributed by atoms with Crippen molar-refractivity contribution in [1.29, 1.82) is 0 Å². The van der Waals surface area contributed by atoms with E-state index in [1.165, 1.54) is 27.6 Å². The number of amides is 3. The van der Waals surface area contributed by atoms with Gasteiger partial charge < -0.3 is 30.6 Å². The maximum atomic E-state index is 11.6. The van der Waals surface area contributed by atoms with Gasteiger partial charge in [0.05, 0.1) is 25.6 Å². The van der Waals surface area contributed by atoms with Gasteiger partial charge in [-0.2, -0.15) is 0 Å². The second-order valence-electron chi connectivity index (χ2n) is 31.1. The second kappa shape index (κ2) is 54.4. The molecule has 4 N–H and O–H groups in total. The molecule has 2 rings (SSSR count). The predicted molar refractivity (Wildman–Crippen MR) is 386 cm³/mol. The summed E-state index contributed by atoms with van der Waals surface area (Å²) in [6.07, 6.45) is 12.5. The van der Waals surface area contributed by atoms with Gasteiger partial charge in [0.15, 0.2) is 0 Å². The molecule has 1 aliphatic heterocycles. The molecule has 1 aromatic rings. The molecule has 1 fully saturated rings. The number of aromatic nitrogens is 1. The quantitative estimate of drug-likeness (QED) is 0.0631. The number of rotatable bonds is 27. The van der Waals surface area contributed by atoms with Gasteiger partial charge in [-0.25, -0.2) is 0 Å². The standard InChI is InChI=1S/C12H23NO.C11H22O2.C10H21NO.2C10H20O2.C9H19NO.C9H20.C5H5N.CH4/c1-9(2)8-11(10(3)4)13-7-5-6-12(13)14;1-8(2)7-11(5,9(3)4)10(12)13-6;1-7(2)6-10(5,8(3)4)9(11)12;1-7(2)6-9(8(3)4)10(11)12-5;1-7(2)6-10(8(3)4)12-9(5)11;1-6(2)5-8(7(3)4)9(10)11;1-7(2)6-9(5)8(3)4;1-2-4-6-5-3-1;/h9-11H,5-8H2,1-4H3;8-9H,7H2,1-6H3;7-8H,6H2,1-5H3,(H2,11,12);7-9H,6H2,1-5H3;7-8,10H,6H2,1-5H3;6-8H,5H2,1-4H3,(H2,10,11);7-9H,6H2,1-5H3;1-5H;1H4. The number of ether oxygens (including phenoxy) is 3. The van der Waals surface area contributed by atoms with Crippen LogP contribution in [0.2, 0.25) is 0 Å². The van der Waals surface area contributed by atoms with E-state index >= 15 is 0 Å². The van der Waals surface area contributed by atoms with Gasteiger partial charge in [-0.3, -0.25) is 33.8 Å². The number of primary amides is 2. The number of carbonyl (C=O) groups is 6. The van der Waals surface area contributed by atoms with Gasteiger partial charge in [0.2, 0.25) is 17.7 Å². The fourth-order valence-electron chi connectivity index (χ4n) is 10.4. The summed E-state index contributed by atoms with van der Waals surface area (Å²) in [5, 5.41) is 0. The summed E-state index contributed by atoms with van der Waals surface area (Å²) in [7, 11) is 2.92. The van der Waals surface area contributed by atoms with E-state index < -0.39 is 0 Å². The Morgan fingerprint density at radius 2 is 0.911 bits per heavy atom. The summed E-state index contributed by atoms with van der Waals surface area (Å²) in [5.74, 6) is 8.21. The molecule has 0 radical (unpaired) electrons. The molecule has 0 aliphatic carbocycles. The number of hydrogen-bond donors (Lipinski definition) is 2. The van der Waals surface area contributed by atoms with Crippen LogP contribution in [0.1, 0.15) is 287 Å². The average molecular weight is 1280 g/mol. The fraction of sp³-hybridized carbons (Fsp3) is 0.857. The van der Waals surface area contributed by atoms with Crippen molar-refractivity contribution in [2.45, 2.75) is 299 Å². The molecule has 2 heterocycles. The second-order valence-corrected chi connectivity index (χ2v) is 31.1. The van der Waals surface area contributed by atoms with Crippen molar-refractivity contribution in [3.05, 3.63) is 30.6 Å². The third-order valence-electron chi connectivity index (χ3n) is 16.7. The molecule has 536 valence electrons. The van der Waals surface area contributed by atoms with E-state index in [0.717, 1.165) is 75.7 Å². The number of hydrogen-bond acceptors (Lipinski definition) is 10. The van der Waals surface area contributed by atoms with E-state index in [-0.39, 0.29) is 65.9 Å². The number of carbonyl (C=O) groups excluding carboxylic acids is 6. The van der Waals surface area contributed by atoms with E-state index in [4.69, 9.17) is 25.7 Å². The van der Waals surface area contributed by atoms with Crippen LogP contribution in [0.15, 0.2) is 30.6 Å². The Bertz CT molecular complexity index is 1900. The monoisotopic (exact) mass is 1280 g/mol. The van der Waals surface area contributed by atoms with Gasteiger partial charge >= 0.3 is 17.9 Å². The van der Waals surface area contributed by atoms with Crippen molar-refractivity contribution in [2.75, 3.05) is 20.8 Å². The first-order valence-corrected chi connectivity index (χ1v) is 34.6. The van der Waals surface area contributed by atoms with Crippen LogP contribution >= 0.6 is 0 Å². The number of nitrogens with zero attached hydrogens (tertiary/aromatic N) is 2. The lowest BCUT2D eigenvalue weighted by atomic mass is 9.73. The third-order valence-corrected chi connectivity index (χ3v) is 16.7. The maximum Gasteiger partial charge on any atom is 0.311 e.